The van der Waals surface area contributed by atoms with E-state index in [2.05, 4.69) is 96.0 Å². The number of hydrogen-bond donors (Lipinski definition) is 1. The molecule has 1 aromatic heterocycles. The highest BCUT2D eigenvalue weighted by molar-refractivity contribution is 9.11. The van der Waals surface area contributed by atoms with Crippen LogP contribution in [0.5, 0.6) is 5.75 Å². The lowest BCUT2D eigenvalue weighted by Gasteiger charge is -2.23. The van der Waals surface area contributed by atoms with Crippen LogP contribution in [-0.4, -0.2) is 17.2 Å². The van der Waals surface area contributed by atoms with Crippen molar-refractivity contribution in [2.24, 2.45) is 0 Å². The molecule has 5 aromatic rings. The number of aliphatic carboxylic acids is 1. The van der Waals surface area contributed by atoms with Gasteiger partial charge in [0.25, 0.3) is 0 Å². The minimum Gasteiger partial charge on any atom is -0.478 e. The molecule has 0 bridgehead atoms. The van der Waals surface area contributed by atoms with E-state index in [0.717, 1.165) is 32.1 Å². The number of rotatable bonds is 8. The molecular weight excluding hydrogens is 636 g/mol. The Bertz CT molecular complexity index is 1690. The van der Waals surface area contributed by atoms with Crippen molar-refractivity contribution < 1.29 is 14.6 Å². The zero-order valence-corrected chi connectivity index (χ0v) is 26.3. The number of carboxylic acids is 1. The fraction of sp³-hybridized carbons (Fsp3) is 0.242. The normalized spacial score (nSPS) is 13.1. The van der Waals surface area contributed by atoms with Crippen LogP contribution in [-0.2, 0) is 11.2 Å². The molecule has 0 aliphatic rings. The molecule has 0 aliphatic heterocycles. The van der Waals surface area contributed by atoms with Crippen molar-refractivity contribution in [3.8, 4) is 16.9 Å². The molecule has 6 heteroatoms. The van der Waals surface area contributed by atoms with Crippen LogP contribution in [0.4, 0.5) is 0 Å². The number of benzene rings is 4. The summed E-state index contributed by atoms with van der Waals surface area (Å²) in [6.07, 6.45) is 0.185. The number of thiophene rings is 1. The highest BCUT2D eigenvalue weighted by atomic mass is 79.9. The maximum Gasteiger partial charge on any atom is 0.345 e. The lowest BCUT2D eigenvalue weighted by atomic mass is 9.89. The Hall–Kier alpha value is -2.67. The van der Waals surface area contributed by atoms with Crippen LogP contribution in [0.1, 0.15) is 47.8 Å². The lowest BCUT2D eigenvalue weighted by Crippen LogP contribution is -2.30. The summed E-state index contributed by atoms with van der Waals surface area (Å²) in [6.45, 7) is 8.69. The summed E-state index contributed by atoms with van der Waals surface area (Å²) in [7, 11) is 0. The van der Waals surface area contributed by atoms with Crippen LogP contribution in [0.2, 0.25) is 0 Å². The summed E-state index contributed by atoms with van der Waals surface area (Å²) < 4.78 is 9.46. The van der Waals surface area contributed by atoms with Crippen molar-refractivity contribution in [2.45, 2.75) is 52.6 Å². The monoisotopic (exact) mass is 664 g/mol. The van der Waals surface area contributed by atoms with Gasteiger partial charge in [0.15, 0.2) is 6.10 Å². The highest BCUT2D eigenvalue weighted by Gasteiger charge is 2.26. The van der Waals surface area contributed by atoms with Gasteiger partial charge in [-0.3, -0.25) is 0 Å². The van der Waals surface area contributed by atoms with E-state index >= 15 is 0 Å². The first-order valence-corrected chi connectivity index (χ1v) is 15.5. The van der Waals surface area contributed by atoms with Gasteiger partial charge in [-0.25, -0.2) is 4.79 Å². The molecule has 200 valence electrons. The van der Waals surface area contributed by atoms with Crippen molar-refractivity contribution in [3.05, 3.63) is 97.2 Å². The van der Waals surface area contributed by atoms with Crippen LogP contribution in [0.25, 0.3) is 32.0 Å². The zero-order chi connectivity index (χ0) is 27.8. The number of aryl methyl sites for hydroxylation is 2. The van der Waals surface area contributed by atoms with Crippen LogP contribution in [0.15, 0.2) is 75.7 Å². The molecule has 39 heavy (non-hydrogen) atoms. The molecule has 5 rings (SSSR count). The fourth-order valence-corrected chi connectivity index (χ4v) is 7.63. The first-order chi connectivity index (χ1) is 18.7. The van der Waals surface area contributed by atoms with Gasteiger partial charge in [-0.1, -0.05) is 68.4 Å². The molecule has 1 N–H and O–H groups in total. The van der Waals surface area contributed by atoms with Gasteiger partial charge in [0.2, 0.25) is 0 Å². The van der Waals surface area contributed by atoms with E-state index in [9.17, 15) is 9.90 Å². The Labute approximate surface area is 250 Å². The summed E-state index contributed by atoms with van der Waals surface area (Å²) in [5, 5.41) is 13.7. The number of halogens is 2. The van der Waals surface area contributed by atoms with Gasteiger partial charge in [-0.05, 0) is 109 Å². The van der Waals surface area contributed by atoms with Crippen molar-refractivity contribution >= 4 is 70.0 Å². The van der Waals surface area contributed by atoms with Gasteiger partial charge in [0.1, 0.15) is 5.75 Å². The summed E-state index contributed by atoms with van der Waals surface area (Å²) >= 11 is 9.52. The van der Waals surface area contributed by atoms with Crippen molar-refractivity contribution in [1.82, 2.24) is 0 Å². The zero-order valence-electron chi connectivity index (χ0n) is 22.3. The largest absolute Gasteiger partial charge is 0.478 e. The first kappa shape index (κ1) is 27.9. The molecule has 0 amide bonds. The van der Waals surface area contributed by atoms with Gasteiger partial charge < -0.3 is 9.84 Å². The Morgan fingerprint density at radius 2 is 1.67 bits per heavy atom. The summed E-state index contributed by atoms with van der Waals surface area (Å²) in [5.41, 5.74) is 5.50. The van der Waals surface area contributed by atoms with E-state index in [1.165, 1.54) is 36.9 Å². The Morgan fingerprint density at radius 1 is 1.00 bits per heavy atom. The molecule has 2 atom stereocenters. The lowest BCUT2D eigenvalue weighted by molar-refractivity contribution is -0.145. The number of carbonyl (C=O) groups is 1. The van der Waals surface area contributed by atoms with Gasteiger partial charge in [-0.15, -0.1) is 11.3 Å². The van der Waals surface area contributed by atoms with Crippen LogP contribution < -0.4 is 4.74 Å². The van der Waals surface area contributed by atoms with Crippen molar-refractivity contribution in [1.29, 1.82) is 0 Å². The number of fused-ring (bicyclic) bond motifs is 2. The van der Waals surface area contributed by atoms with Crippen LogP contribution >= 0.6 is 43.2 Å². The van der Waals surface area contributed by atoms with Crippen LogP contribution in [0, 0.1) is 13.8 Å². The first-order valence-electron chi connectivity index (χ1n) is 13.1. The molecular formula is C33H30Br2O3S. The van der Waals surface area contributed by atoms with Gasteiger partial charge in [0.05, 0.1) is 9.17 Å². The van der Waals surface area contributed by atoms with E-state index in [1.807, 2.05) is 41.7 Å². The molecule has 2 unspecified atom stereocenters. The Kier molecular flexibility index (Phi) is 8.18. The van der Waals surface area contributed by atoms with Crippen molar-refractivity contribution in [3.63, 3.8) is 0 Å². The summed E-state index contributed by atoms with van der Waals surface area (Å²) in [5.74, 6) is -0.202. The highest BCUT2D eigenvalue weighted by Crippen LogP contribution is 2.49. The second kappa shape index (κ2) is 11.4. The smallest absolute Gasteiger partial charge is 0.345 e. The molecule has 0 fully saturated rings. The van der Waals surface area contributed by atoms with E-state index in [4.69, 9.17) is 4.74 Å². The number of hydrogen-bond acceptors (Lipinski definition) is 3. The number of carboxylic acid groups (broad SMARTS) is 1. The standard InChI is InChI=1S/C33H30Br2O3S/c1-5-18(2)25-16-22(17-26(34)31(25)38-27(33(36)37)15-21-11-7-6-8-12-21)29-23-13-9-10-14-24(23)30(35)32-28(29)19(3)20(4)39-32/h6-14,16-18,27H,5,15H2,1-4H3,(H,36,37). The van der Waals surface area contributed by atoms with E-state index in [1.54, 1.807) is 0 Å². The average Bonchev–Trinajstić information content (AvgIpc) is 3.23. The number of ether oxygens (including phenoxy) is 1. The molecule has 1 heterocycles. The Morgan fingerprint density at radius 3 is 2.33 bits per heavy atom. The second-order valence-corrected chi connectivity index (χ2v) is 12.9. The minimum absolute atomic E-state index is 0.171. The predicted octanol–water partition coefficient (Wildman–Crippen LogP) is 10.5. The third-order valence-electron chi connectivity index (χ3n) is 7.57. The summed E-state index contributed by atoms with van der Waals surface area (Å²) in [6, 6.07) is 22.4. The SMILES string of the molecule is CCC(C)c1cc(-c2c3ccccc3c(Br)c3sc(C)c(C)c23)cc(Br)c1OC(Cc1ccccc1)C(=O)O. The molecule has 3 nitrogen and oxygen atoms in total. The predicted molar refractivity (Wildman–Crippen MR) is 171 cm³/mol. The molecule has 4 aromatic carbocycles. The second-order valence-electron chi connectivity index (χ2n) is 10.0. The maximum atomic E-state index is 12.3. The minimum atomic E-state index is -1.00. The van der Waals surface area contributed by atoms with Gasteiger partial charge >= 0.3 is 5.97 Å². The van der Waals surface area contributed by atoms with E-state index < -0.39 is 12.1 Å². The molecule has 0 radical (unpaired) electrons. The topological polar surface area (TPSA) is 46.5 Å². The average molecular weight is 666 g/mol. The summed E-state index contributed by atoms with van der Waals surface area (Å²) in [4.78, 5) is 13.6. The van der Waals surface area contributed by atoms with Crippen LogP contribution in [0.3, 0.4) is 0 Å². The van der Waals surface area contributed by atoms with Gasteiger partial charge in [0, 0.05) is 21.2 Å². The molecule has 0 spiro atoms. The van der Waals surface area contributed by atoms with Gasteiger partial charge in [-0.2, -0.15) is 0 Å². The Balaban J connectivity index is 1.72. The molecule has 0 saturated heterocycles. The molecule has 0 saturated carbocycles. The maximum absolute atomic E-state index is 12.3. The quantitative estimate of drug-likeness (QED) is 0.179. The third-order valence-corrected chi connectivity index (χ3v) is 10.5. The fourth-order valence-electron chi connectivity index (χ4n) is 5.15. The van der Waals surface area contributed by atoms with E-state index in [0.29, 0.717) is 5.75 Å². The van der Waals surface area contributed by atoms with E-state index in [-0.39, 0.29) is 12.3 Å². The van der Waals surface area contributed by atoms with Crippen molar-refractivity contribution in [2.75, 3.05) is 0 Å². The molecule has 0 aliphatic carbocycles. The third kappa shape index (κ3) is 5.27.